The normalized spacial score (nSPS) is 10.4. The van der Waals surface area contributed by atoms with Crippen LogP contribution >= 0.6 is 0 Å². The average Bonchev–Trinajstić information content (AvgIpc) is 2.18. The zero-order valence-electron chi connectivity index (χ0n) is 7.38. The molecule has 0 atom stereocenters. The second kappa shape index (κ2) is 3.09. The summed E-state index contributed by atoms with van der Waals surface area (Å²) < 4.78 is 0. The number of carboxylic acids is 1. The zero-order valence-corrected chi connectivity index (χ0v) is 7.38. The number of hydrogen-bond donors (Lipinski definition) is 3. The fourth-order valence-electron chi connectivity index (χ4n) is 1.23. The van der Waals surface area contributed by atoms with Crippen LogP contribution in [0.3, 0.4) is 0 Å². The lowest BCUT2D eigenvalue weighted by atomic mass is 10.2. The molecule has 3 N–H and O–H groups in total. The van der Waals surface area contributed by atoms with E-state index in [9.17, 15) is 4.79 Å². The van der Waals surface area contributed by atoms with Gasteiger partial charge in [-0.1, -0.05) is 6.07 Å². The number of carboxylic acid groups (broad SMARTS) is 1. The van der Waals surface area contributed by atoms with Crippen LogP contribution in [0.2, 0.25) is 0 Å². The molecule has 0 radical (unpaired) electrons. The number of aromatic carboxylic acids is 1. The highest BCUT2D eigenvalue weighted by Gasteiger charge is 2.13. The first-order valence-electron chi connectivity index (χ1n) is 4.01. The van der Waals surface area contributed by atoms with Crippen LogP contribution in [0.4, 0.5) is 0 Å². The van der Waals surface area contributed by atoms with Crippen molar-refractivity contribution >= 4 is 17.0 Å². The van der Waals surface area contributed by atoms with Gasteiger partial charge in [-0.15, -0.1) is 0 Å². The molecule has 6 nitrogen and oxygen atoms in total. The summed E-state index contributed by atoms with van der Waals surface area (Å²) in [5, 5.41) is 27.0. The maximum absolute atomic E-state index is 10.8. The Balaban J connectivity index is 2.86. The summed E-state index contributed by atoms with van der Waals surface area (Å²) in [7, 11) is 0. The lowest BCUT2D eigenvalue weighted by molar-refractivity contribution is 0.0699. The second-order valence-electron chi connectivity index (χ2n) is 2.85. The van der Waals surface area contributed by atoms with Gasteiger partial charge in [0.2, 0.25) is 0 Å². The molecule has 15 heavy (non-hydrogen) atoms. The number of aromatic nitrogens is 2. The molecular formula is C9H6N2O4. The molecule has 76 valence electrons. The summed E-state index contributed by atoms with van der Waals surface area (Å²) in [6, 6.07) is 4.32. The first kappa shape index (κ1) is 9.20. The van der Waals surface area contributed by atoms with Gasteiger partial charge < -0.3 is 15.3 Å². The van der Waals surface area contributed by atoms with E-state index in [0.717, 1.165) is 0 Å². The van der Waals surface area contributed by atoms with E-state index in [0.29, 0.717) is 0 Å². The van der Waals surface area contributed by atoms with E-state index < -0.39 is 17.7 Å². The number of para-hydroxylation sites is 1. The molecule has 0 aliphatic heterocycles. The SMILES string of the molecule is O=C(O)c1cccc2nc(O)c(O)nc12. The third-order valence-electron chi connectivity index (χ3n) is 1.89. The molecule has 0 unspecified atom stereocenters. The molecule has 0 fully saturated rings. The third-order valence-corrected chi connectivity index (χ3v) is 1.89. The molecule has 0 bridgehead atoms. The number of carbonyl (C=O) groups is 1. The van der Waals surface area contributed by atoms with E-state index in [1.807, 2.05) is 0 Å². The highest BCUT2D eigenvalue weighted by atomic mass is 16.4. The Morgan fingerprint density at radius 1 is 1.13 bits per heavy atom. The summed E-state index contributed by atoms with van der Waals surface area (Å²) in [5.74, 6) is -2.47. The maximum atomic E-state index is 10.8. The van der Waals surface area contributed by atoms with Crippen LogP contribution in [0.5, 0.6) is 11.8 Å². The van der Waals surface area contributed by atoms with Gasteiger partial charge in [0.15, 0.2) is 0 Å². The predicted molar refractivity (Wildman–Crippen MR) is 49.8 cm³/mol. The Morgan fingerprint density at radius 2 is 1.80 bits per heavy atom. The van der Waals surface area contributed by atoms with Crippen molar-refractivity contribution in [2.24, 2.45) is 0 Å². The van der Waals surface area contributed by atoms with E-state index >= 15 is 0 Å². The van der Waals surface area contributed by atoms with Gasteiger partial charge in [0.05, 0.1) is 11.1 Å². The van der Waals surface area contributed by atoms with Crippen molar-refractivity contribution in [3.63, 3.8) is 0 Å². The van der Waals surface area contributed by atoms with Gasteiger partial charge in [0.25, 0.3) is 11.8 Å². The van der Waals surface area contributed by atoms with Crippen molar-refractivity contribution in [2.75, 3.05) is 0 Å². The van der Waals surface area contributed by atoms with Crippen LogP contribution in [0, 0.1) is 0 Å². The highest BCUT2D eigenvalue weighted by Crippen LogP contribution is 2.24. The Labute approximate surface area is 83.5 Å². The van der Waals surface area contributed by atoms with Crippen molar-refractivity contribution < 1.29 is 20.1 Å². The third kappa shape index (κ3) is 1.41. The van der Waals surface area contributed by atoms with Gasteiger partial charge in [0, 0.05) is 0 Å². The molecule has 6 heteroatoms. The van der Waals surface area contributed by atoms with Crippen LogP contribution in [0.25, 0.3) is 11.0 Å². The first-order chi connectivity index (χ1) is 7.09. The van der Waals surface area contributed by atoms with Crippen LogP contribution in [0.15, 0.2) is 18.2 Å². The quantitative estimate of drug-likeness (QED) is 0.635. The summed E-state index contributed by atoms with van der Waals surface area (Å²) >= 11 is 0. The molecular weight excluding hydrogens is 200 g/mol. The van der Waals surface area contributed by atoms with E-state index in [1.54, 1.807) is 0 Å². The Bertz CT molecular complexity index is 553. The fourth-order valence-corrected chi connectivity index (χ4v) is 1.23. The lowest BCUT2D eigenvalue weighted by Crippen LogP contribution is -1.99. The summed E-state index contributed by atoms with van der Waals surface area (Å²) in [5.41, 5.74) is 0.181. The molecule has 0 saturated carbocycles. The van der Waals surface area contributed by atoms with Gasteiger partial charge in [-0.25, -0.2) is 14.8 Å². The number of nitrogens with zero attached hydrogens (tertiary/aromatic N) is 2. The van der Waals surface area contributed by atoms with Crippen molar-refractivity contribution in [3.05, 3.63) is 23.8 Å². The summed E-state index contributed by atoms with van der Waals surface area (Å²) in [6.45, 7) is 0. The molecule has 0 spiro atoms. The maximum Gasteiger partial charge on any atom is 0.337 e. The monoisotopic (exact) mass is 206 g/mol. The molecule has 1 aromatic heterocycles. The molecule has 0 aliphatic rings. The van der Waals surface area contributed by atoms with Crippen LogP contribution in [-0.4, -0.2) is 31.3 Å². The van der Waals surface area contributed by atoms with Crippen molar-refractivity contribution in [1.82, 2.24) is 9.97 Å². The number of aromatic hydroxyl groups is 2. The molecule has 0 saturated heterocycles. The van der Waals surface area contributed by atoms with Crippen LogP contribution in [0.1, 0.15) is 10.4 Å². The van der Waals surface area contributed by atoms with Gasteiger partial charge in [-0.05, 0) is 12.1 Å². The minimum Gasteiger partial charge on any atom is -0.489 e. The molecule has 1 heterocycles. The minimum absolute atomic E-state index is 0.0419. The average molecular weight is 206 g/mol. The largest absolute Gasteiger partial charge is 0.489 e. The van der Waals surface area contributed by atoms with E-state index in [1.165, 1.54) is 18.2 Å². The molecule has 0 amide bonds. The Hall–Kier alpha value is -2.37. The number of hydrogen-bond acceptors (Lipinski definition) is 5. The highest BCUT2D eigenvalue weighted by molar-refractivity contribution is 6.00. The van der Waals surface area contributed by atoms with Crippen LogP contribution in [-0.2, 0) is 0 Å². The van der Waals surface area contributed by atoms with Gasteiger partial charge >= 0.3 is 5.97 Å². The number of rotatable bonds is 1. The molecule has 1 aromatic carbocycles. The van der Waals surface area contributed by atoms with E-state index in [2.05, 4.69) is 9.97 Å². The molecule has 2 rings (SSSR count). The summed E-state index contributed by atoms with van der Waals surface area (Å²) in [6.07, 6.45) is 0. The van der Waals surface area contributed by atoms with Crippen molar-refractivity contribution in [1.29, 1.82) is 0 Å². The fraction of sp³-hybridized carbons (Fsp3) is 0. The second-order valence-corrected chi connectivity index (χ2v) is 2.85. The zero-order chi connectivity index (χ0) is 11.0. The number of fused-ring (bicyclic) bond motifs is 1. The smallest absolute Gasteiger partial charge is 0.337 e. The van der Waals surface area contributed by atoms with Gasteiger partial charge in [-0.3, -0.25) is 0 Å². The Morgan fingerprint density at radius 3 is 2.47 bits per heavy atom. The Kier molecular flexibility index (Phi) is 1.89. The molecule has 2 aromatic rings. The van der Waals surface area contributed by atoms with Gasteiger partial charge in [0.1, 0.15) is 5.52 Å². The van der Waals surface area contributed by atoms with Gasteiger partial charge in [-0.2, -0.15) is 0 Å². The number of benzene rings is 1. The van der Waals surface area contributed by atoms with E-state index in [4.69, 9.17) is 15.3 Å². The first-order valence-corrected chi connectivity index (χ1v) is 4.01. The van der Waals surface area contributed by atoms with Crippen molar-refractivity contribution in [3.8, 4) is 11.8 Å². The van der Waals surface area contributed by atoms with E-state index in [-0.39, 0.29) is 16.6 Å². The van der Waals surface area contributed by atoms with Crippen molar-refractivity contribution in [2.45, 2.75) is 0 Å². The van der Waals surface area contributed by atoms with Crippen LogP contribution < -0.4 is 0 Å². The minimum atomic E-state index is -1.17. The predicted octanol–water partition coefficient (Wildman–Crippen LogP) is 0.739. The lowest BCUT2D eigenvalue weighted by Gasteiger charge is -2.02. The topological polar surface area (TPSA) is 104 Å². The summed E-state index contributed by atoms with van der Waals surface area (Å²) in [4.78, 5) is 18.0. The standard InChI is InChI=1S/C9H6N2O4/c12-7-8(13)11-6-4(9(14)15)2-1-3-5(6)10-7/h1-3H,(H,10,12)(H,11,13)(H,14,15). The molecule has 0 aliphatic carbocycles.